The second kappa shape index (κ2) is 9.86. The van der Waals surface area contributed by atoms with Crippen LogP contribution in [-0.2, 0) is 0 Å². The van der Waals surface area contributed by atoms with Crippen LogP contribution in [0.2, 0.25) is 0 Å². The van der Waals surface area contributed by atoms with E-state index in [9.17, 15) is 60.0 Å². The summed E-state index contributed by atoms with van der Waals surface area (Å²) in [6.07, 6.45) is -6.27. The third-order valence-electron chi connectivity index (χ3n) is 8.87. The Morgan fingerprint density at radius 2 is 1.20 bits per heavy atom. The molecule has 14 nitrogen and oxygen atoms in total. The number of hydrogen-bond donors (Lipinski definition) is 8. The monoisotopic (exact) mass is 634 g/mol. The average molecular weight is 635 g/mol. The molecule has 0 radical (unpaired) electrons. The molecule has 0 aliphatic heterocycles. The first-order chi connectivity index (χ1) is 21.5. The van der Waals surface area contributed by atoms with E-state index in [4.69, 9.17) is 9.47 Å². The largest absolute Gasteiger partial charge is 0.507 e. The number of aryl methyl sites for hydroxylation is 1. The molecule has 4 atom stereocenters. The van der Waals surface area contributed by atoms with Crippen LogP contribution in [0.25, 0.3) is 32.7 Å². The molecule has 0 amide bonds. The number of phenolic OH excluding ortho intramolecular Hbond substituents is 4. The minimum absolute atomic E-state index is 0.134. The van der Waals surface area contributed by atoms with Gasteiger partial charge >= 0.3 is 0 Å². The first-order valence-corrected chi connectivity index (χ1v) is 13.7. The van der Waals surface area contributed by atoms with Crippen molar-refractivity contribution in [1.82, 2.24) is 0 Å². The average Bonchev–Trinajstić information content (AvgIpc) is 3.01. The van der Waals surface area contributed by atoms with Gasteiger partial charge in [0, 0.05) is 55.9 Å². The second-order valence-electron chi connectivity index (χ2n) is 11.4. The number of aliphatic hydroxyl groups is 4. The zero-order valence-corrected chi connectivity index (χ0v) is 24.5. The van der Waals surface area contributed by atoms with Gasteiger partial charge in [-0.1, -0.05) is 0 Å². The number of aromatic hydroxyl groups is 4. The molecule has 3 aliphatic rings. The highest BCUT2D eigenvalue weighted by molar-refractivity contribution is 6.16. The molecule has 0 heterocycles. The van der Waals surface area contributed by atoms with Crippen molar-refractivity contribution >= 4 is 21.5 Å². The van der Waals surface area contributed by atoms with E-state index in [1.54, 1.807) is 0 Å². The van der Waals surface area contributed by atoms with E-state index in [-0.39, 0.29) is 28.2 Å². The van der Waals surface area contributed by atoms with Crippen molar-refractivity contribution < 1.29 is 50.3 Å². The normalized spacial score (nSPS) is 21.2. The van der Waals surface area contributed by atoms with Crippen LogP contribution in [0, 0.1) is 17.4 Å². The lowest BCUT2D eigenvalue weighted by Gasteiger charge is -2.42. The van der Waals surface area contributed by atoms with Crippen LogP contribution in [0.5, 0.6) is 34.5 Å². The Hall–Kier alpha value is -5.28. The Morgan fingerprint density at radius 3 is 1.76 bits per heavy atom. The lowest BCUT2D eigenvalue weighted by Crippen LogP contribution is -2.51. The predicted octanol–water partition coefficient (Wildman–Crippen LogP) is 0.0415. The topological polar surface area (TPSA) is 249 Å². The molecule has 0 bridgehead atoms. The Kier molecular flexibility index (Phi) is 6.59. The molecule has 14 heteroatoms. The molecule has 46 heavy (non-hydrogen) atoms. The highest BCUT2D eigenvalue weighted by atomic mass is 16.5. The van der Waals surface area contributed by atoms with Gasteiger partial charge in [-0.15, -0.1) is 0 Å². The van der Waals surface area contributed by atoms with Crippen LogP contribution in [0.4, 0.5) is 0 Å². The SMILES string of the molecule is COc1cc(O)c2c(O)c3c(c(O)c2c1-c1c(OC)cc(O)c2c(=O)c4c(=O)c(=O)c(C)cc=4c(=O)c12)C(O)[C@](C)(O)[C@H](O)[C@H]3O. The summed E-state index contributed by atoms with van der Waals surface area (Å²) in [6, 6.07) is 2.95. The summed E-state index contributed by atoms with van der Waals surface area (Å²) < 4.78 is 11.0. The summed E-state index contributed by atoms with van der Waals surface area (Å²) in [7, 11) is 2.29. The number of fused-ring (bicyclic) bond motifs is 3. The van der Waals surface area contributed by atoms with Gasteiger partial charge in [0.1, 0.15) is 58.4 Å². The number of aliphatic hydroxyl groups excluding tert-OH is 3. The molecular formula is C32H26O14. The number of rotatable bonds is 3. The highest BCUT2D eigenvalue weighted by Crippen LogP contribution is 2.59. The van der Waals surface area contributed by atoms with Crippen LogP contribution in [0.15, 0.2) is 37.4 Å². The van der Waals surface area contributed by atoms with Gasteiger partial charge in [0.05, 0.1) is 30.2 Å². The quantitative estimate of drug-likeness (QED) is 0.0965. The Balaban J connectivity index is 1.97. The molecule has 238 valence electrons. The highest BCUT2D eigenvalue weighted by Gasteiger charge is 2.52. The molecule has 0 fully saturated rings. The number of methoxy groups -OCH3 is 2. The van der Waals surface area contributed by atoms with Crippen molar-refractivity contribution in [3.63, 3.8) is 0 Å². The lowest BCUT2D eigenvalue weighted by atomic mass is 9.73. The van der Waals surface area contributed by atoms with Crippen molar-refractivity contribution in [3.8, 4) is 45.6 Å². The Morgan fingerprint density at radius 1 is 0.674 bits per heavy atom. The molecule has 3 aliphatic carbocycles. The van der Waals surface area contributed by atoms with Gasteiger partial charge in [0.15, 0.2) is 5.43 Å². The minimum Gasteiger partial charge on any atom is -0.507 e. The summed E-state index contributed by atoms with van der Waals surface area (Å²) in [4.78, 5) is 53.2. The van der Waals surface area contributed by atoms with Crippen molar-refractivity contribution in [3.05, 3.63) is 86.2 Å². The summed E-state index contributed by atoms with van der Waals surface area (Å²) >= 11 is 0. The third-order valence-corrected chi connectivity index (χ3v) is 8.87. The van der Waals surface area contributed by atoms with Gasteiger partial charge in [-0.05, 0) is 19.9 Å². The van der Waals surface area contributed by atoms with Crippen molar-refractivity contribution in [2.45, 2.75) is 37.8 Å². The van der Waals surface area contributed by atoms with E-state index in [2.05, 4.69) is 0 Å². The van der Waals surface area contributed by atoms with Gasteiger partial charge in [0.25, 0.3) is 0 Å². The van der Waals surface area contributed by atoms with E-state index < -0.39 is 112 Å². The fourth-order valence-electron chi connectivity index (χ4n) is 6.51. The number of ether oxygens (including phenoxy) is 2. The van der Waals surface area contributed by atoms with Crippen LogP contribution >= 0.6 is 0 Å². The van der Waals surface area contributed by atoms with E-state index in [0.717, 1.165) is 39.3 Å². The van der Waals surface area contributed by atoms with Gasteiger partial charge in [-0.3, -0.25) is 19.2 Å². The molecule has 0 saturated carbocycles. The Labute approximate surface area is 255 Å². The van der Waals surface area contributed by atoms with Crippen LogP contribution in [-0.4, -0.2) is 66.8 Å². The number of phenols is 4. The molecule has 0 aromatic heterocycles. The van der Waals surface area contributed by atoms with E-state index in [1.165, 1.54) is 6.92 Å². The molecule has 0 saturated heterocycles. The number of benzene rings is 3. The van der Waals surface area contributed by atoms with Crippen LogP contribution in [0.1, 0.15) is 35.8 Å². The smallest absolute Gasteiger partial charge is 0.237 e. The summed E-state index contributed by atoms with van der Waals surface area (Å²) in [6.45, 7) is 2.24. The van der Waals surface area contributed by atoms with Crippen molar-refractivity contribution in [2.75, 3.05) is 14.2 Å². The standard InChI is InChI=1S/C32H26O14/c1-8-5-9-14(28(40)23(8)35)25(37)15-10(33)6-12(45-3)17(19(15)24(9)36)18-13(46-4)7-11(34)16-20(18)27(39)22-21(26(16)38)29(41)31(43)32(2,44)30(22)42/h5-7,29-31,33-34,38-39,41-44H,1-4H3/t29-,30?,31+,32-/m0/s1. The van der Waals surface area contributed by atoms with Gasteiger partial charge < -0.3 is 50.3 Å². The molecule has 3 aromatic carbocycles. The maximum absolute atomic E-state index is 14.2. The molecular weight excluding hydrogens is 608 g/mol. The molecule has 3 aromatic rings. The fraction of sp³-hybridized carbons (Fsp3) is 0.250. The van der Waals surface area contributed by atoms with Crippen LogP contribution in [0.3, 0.4) is 0 Å². The first kappa shape index (κ1) is 30.7. The van der Waals surface area contributed by atoms with E-state index in [0.29, 0.717) is 0 Å². The zero-order valence-electron chi connectivity index (χ0n) is 24.5. The molecule has 8 N–H and O–H groups in total. The molecule has 6 rings (SSSR count). The molecule has 1 unspecified atom stereocenters. The predicted molar refractivity (Wildman–Crippen MR) is 161 cm³/mol. The van der Waals surface area contributed by atoms with Crippen molar-refractivity contribution in [1.29, 1.82) is 0 Å². The van der Waals surface area contributed by atoms with Crippen LogP contribution < -0.4 is 31.2 Å². The minimum atomic E-state index is -2.47. The van der Waals surface area contributed by atoms with Gasteiger partial charge in [0.2, 0.25) is 16.3 Å². The summed E-state index contributed by atoms with van der Waals surface area (Å²) in [5.74, 6) is -4.02. The third kappa shape index (κ3) is 3.66. The van der Waals surface area contributed by atoms with Crippen molar-refractivity contribution in [2.24, 2.45) is 0 Å². The fourth-order valence-corrected chi connectivity index (χ4v) is 6.51. The molecule has 0 spiro atoms. The summed E-state index contributed by atoms with van der Waals surface area (Å²) in [5, 5.41) is 84.9. The zero-order chi connectivity index (χ0) is 33.9. The maximum Gasteiger partial charge on any atom is 0.237 e. The van der Waals surface area contributed by atoms with E-state index >= 15 is 0 Å². The van der Waals surface area contributed by atoms with Gasteiger partial charge in [-0.25, -0.2) is 0 Å². The first-order valence-electron chi connectivity index (χ1n) is 13.7. The number of hydrogen-bond acceptors (Lipinski definition) is 14. The van der Waals surface area contributed by atoms with Gasteiger partial charge in [-0.2, -0.15) is 0 Å². The summed E-state index contributed by atoms with van der Waals surface area (Å²) in [5.41, 5.74) is -8.99. The lowest BCUT2D eigenvalue weighted by molar-refractivity contribution is -0.182. The van der Waals surface area contributed by atoms with E-state index in [1.807, 2.05) is 0 Å². The second-order valence-corrected chi connectivity index (χ2v) is 11.4. The Bertz CT molecular complexity index is 2460. The maximum atomic E-state index is 14.2.